The summed E-state index contributed by atoms with van der Waals surface area (Å²) in [6.07, 6.45) is 0. The van der Waals surface area contributed by atoms with Crippen LogP contribution in [-0.4, -0.2) is 4.92 Å². The summed E-state index contributed by atoms with van der Waals surface area (Å²) < 4.78 is 19.4. The number of hydrogen-bond donors (Lipinski definition) is 0. The van der Waals surface area contributed by atoms with Crippen LogP contribution in [0.25, 0.3) is 0 Å². The zero-order valence-corrected chi connectivity index (χ0v) is 10.6. The van der Waals surface area contributed by atoms with Crippen molar-refractivity contribution in [3.05, 3.63) is 62.9 Å². The molecule has 0 atom stereocenters. The van der Waals surface area contributed by atoms with E-state index in [2.05, 4.69) is 15.9 Å². The molecule has 0 heterocycles. The van der Waals surface area contributed by atoms with Gasteiger partial charge >= 0.3 is 5.69 Å². The first-order valence-electron chi connectivity index (χ1n) is 4.95. The van der Waals surface area contributed by atoms with E-state index in [0.717, 1.165) is 6.07 Å². The molecule has 2 rings (SSSR count). The molecule has 0 aromatic heterocycles. The molecule has 0 bridgehead atoms. The van der Waals surface area contributed by atoms with Crippen molar-refractivity contribution in [2.24, 2.45) is 0 Å². The van der Waals surface area contributed by atoms with Crippen LogP contribution >= 0.6 is 15.9 Å². The van der Waals surface area contributed by atoms with Gasteiger partial charge in [0.05, 0.1) is 9.40 Å². The van der Waals surface area contributed by atoms with Crippen LogP contribution < -0.4 is 4.74 Å². The molecule has 92 valence electrons. The van der Waals surface area contributed by atoms with Gasteiger partial charge in [-0.2, -0.15) is 4.39 Å². The summed E-state index contributed by atoms with van der Waals surface area (Å²) >= 11 is 3.25. The van der Waals surface area contributed by atoms with Crippen molar-refractivity contribution in [1.82, 2.24) is 0 Å². The Balaban J connectivity index is 2.44. The third kappa shape index (κ3) is 2.48. The van der Waals surface area contributed by atoms with E-state index in [1.165, 1.54) is 12.1 Å². The number of nitro benzene ring substituents is 1. The largest absolute Gasteiger partial charge is 0.449 e. The minimum absolute atomic E-state index is 0.132. The highest BCUT2D eigenvalue weighted by atomic mass is 79.9. The fraction of sp³-hybridized carbons (Fsp3) is 0. The van der Waals surface area contributed by atoms with Gasteiger partial charge in [-0.3, -0.25) is 10.1 Å². The highest BCUT2D eigenvalue weighted by Gasteiger charge is 2.22. The van der Waals surface area contributed by atoms with Crippen LogP contribution in [0, 0.1) is 15.9 Å². The van der Waals surface area contributed by atoms with Gasteiger partial charge in [0.1, 0.15) is 5.75 Å². The number of benzene rings is 2. The maximum absolute atomic E-state index is 13.4. The van der Waals surface area contributed by atoms with Crippen molar-refractivity contribution in [3.63, 3.8) is 0 Å². The Hall–Kier alpha value is -1.95. The Bertz CT molecular complexity index is 604. The molecule has 0 aliphatic rings. The van der Waals surface area contributed by atoms with Crippen molar-refractivity contribution >= 4 is 21.6 Å². The lowest BCUT2D eigenvalue weighted by molar-refractivity contribution is -0.388. The van der Waals surface area contributed by atoms with E-state index < -0.39 is 16.4 Å². The summed E-state index contributed by atoms with van der Waals surface area (Å²) in [5, 5.41) is 10.8. The molecule has 0 unspecified atom stereocenters. The monoisotopic (exact) mass is 311 g/mol. The smallest absolute Gasteiger partial charge is 0.346 e. The molecule has 4 nitrogen and oxygen atoms in total. The van der Waals surface area contributed by atoms with Crippen LogP contribution in [0.1, 0.15) is 0 Å². The van der Waals surface area contributed by atoms with Crippen molar-refractivity contribution in [1.29, 1.82) is 0 Å². The lowest BCUT2D eigenvalue weighted by atomic mass is 10.3. The average Bonchev–Trinajstić information content (AvgIpc) is 2.31. The van der Waals surface area contributed by atoms with Crippen LogP contribution in [0.3, 0.4) is 0 Å². The lowest BCUT2D eigenvalue weighted by Gasteiger charge is -2.07. The first kappa shape index (κ1) is 12.5. The summed E-state index contributed by atoms with van der Waals surface area (Å²) in [5.41, 5.74) is -0.673. The number of nitro groups is 1. The minimum atomic E-state index is -0.926. The standard InChI is InChI=1S/C12H7BrFNO3/c13-8-4-1-2-6-10(8)18-11-7-3-5-9(14)12(11)15(16)17/h1-7H. The van der Waals surface area contributed by atoms with E-state index in [0.29, 0.717) is 10.2 Å². The summed E-state index contributed by atoms with van der Waals surface area (Å²) in [6, 6.07) is 10.6. The molecule has 18 heavy (non-hydrogen) atoms. The summed E-state index contributed by atoms with van der Waals surface area (Å²) in [5.74, 6) is -0.678. The first-order valence-corrected chi connectivity index (χ1v) is 5.74. The fourth-order valence-electron chi connectivity index (χ4n) is 1.40. The average molecular weight is 312 g/mol. The number of nitrogens with zero attached hydrogens (tertiary/aromatic N) is 1. The maximum atomic E-state index is 13.4. The van der Waals surface area contributed by atoms with Crippen LogP contribution in [0.15, 0.2) is 46.9 Å². The molecular formula is C12H7BrFNO3. The van der Waals surface area contributed by atoms with E-state index in [9.17, 15) is 14.5 Å². The fourth-order valence-corrected chi connectivity index (χ4v) is 1.77. The zero-order chi connectivity index (χ0) is 13.1. The zero-order valence-electron chi connectivity index (χ0n) is 8.97. The quantitative estimate of drug-likeness (QED) is 0.627. The normalized spacial score (nSPS) is 10.1. The van der Waals surface area contributed by atoms with Crippen LogP contribution in [0.2, 0.25) is 0 Å². The highest BCUT2D eigenvalue weighted by Crippen LogP contribution is 2.36. The number of rotatable bonds is 3. The molecule has 0 saturated carbocycles. The van der Waals surface area contributed by atoms with E-state index in [1.807, 2.05) is 0 Å². The van der Waals surface area contributed by atoms with Gasteiger partial charge in [-0.1, -0.05) is 18.2 Å². The predicted octanol–water partition coefficient (Wildman–Crippen LogP) is 4.29. The van der Waals surface area contributed by atoms with E-state index in [1.54, 1.807) is 24.3 Å². The van der Waals surface area contributed by atoms with Crippen LogP contribution in [0.4, 0.5) is 10.1 Å². The molecular weight excluding hydrogens is 305 g/mol. The Morgan fingerprint density at radius 3 is 2.44 bits per heavy atom. The molecule has 0 saturated heterocycles. The molecule has 6 heteroatoms. The van der Waals surface area contributed by atoms with Crippen molar-refractivity contribution in [2.45, 2.75) is 0 Å². The third-order valence-corrected chi connectivity index (χ3v) is 2.84. The van der Waals surface area contributed by atoms with Crippen LogP contribution in [-0.2, 0) is 0 Å². The first-order chi connectivity index (χ1) is 8.59. The molecule has 0 fully saturated rings. The second kappa shape index (κ2) is 5.14. The number of hydrogen-bond acceptors (Lipinski definition) is 3. The summed E-state index contributed by atoms with van der Waals surface area (Å²) in [7, 11) is 0. The van der Waals surface area contributed by atoms with E-state index >= 15 is 0 Å². The Labute approximate surface area is 110 Å². The van der Waals surface area contributed by atoms with Gasteiger partial charge in [0.15, 0.2) is 0 Å². The van der Waals surface area contributed by atoms with Gasteiger partial charge in [0.25, 0.3) is 0 Å². The van der Waals surface area contributed by atoms with Gasteiger partial charge in [-0.05, 0) is 40.2 Å². The van der Waals surface area contributed by atoms with Gasteiger partial charge in [-0.15, -0.1) is 0 Å². The predicted molar refractivity (Wildman–Crippen MR) is 67.3 cm³/mol. The molecule has 2 aromatic carbocycles. The van der Waals surface area contributed by atoms with Crippen LogP contribution in [0.5, 0.6) is 11.5 Å². The van der Waals surface area contributed by atoms with E-state index in [4.69, 9.17) is 4.74 Å². The third-order valence-electron chi connectivity index (χ3n) is 2.19. The molecule has 2 aromatic rings. The molecule has 0 amide bonds. The number of ether oxygens (including phenoxy) is 1. The summed E-state index contributed by atoms with van der Waals surface area (Å²) in [6.45, 7) is 0. The summed E-state index contributed by atoms with van der Waals surface area (Å²) in [4.78, 5) is 9.99. The molecule has 0 N–H and O–H groups in total. The number of halogens is 2. The SMILES string of the molecule is O=[N+]([O-])c1c(F)cccc1Oc1ccccc1Br. The van der Waals surface area contributed by atoms with Crippen molar-refractivity contribution in [2.75, 3.05) is 0 Å². The molecule has 0 spiro atoms. The Kier molecular flexibility index (Phi) is 3.57. The second-order valence-corrected chi connectivity index (χ2v) is 4.23. The highest BCUT2D eigenvalue weighted by molar-refractivity contribution is 9.10. The molecule has 0 aliphatic carbocycles. The van der Waals surface area contributed by atoms with E-state index in [-0.39, 0.29) is 5.75 Å². The minimum Gasteiger partial charge on any atom is -0.449 e. The van der Waals surface area contributed by atoms with Gasteiger partial charge in [0.2, 0.25) is 11.6 Å². The van der Waals surface area contributed by atoms with Crippen molar-refractivity contribution in [3.8, 4) is 11.5 Å². The Morgan fingerprint density at radius 2 is 1.78 bits per heavy atom. The Morgan fingerprint density at radius 1 is 1.11 bits per heavy atom. The molecule has 0 radical (unpaired) electrons. The van der Waals surface area contributed by atoms with Gasteiger partial charge in [0, 0.05) is 0 Å². The molecule has 0 aliphatic heterocycles. The topological polar surface area (TPSA) is 52.4 Å². The van der Waals surface area contributed by atoms with Crippen molar-refractivity contribution < 1.29 is 14.1 Å². The van der Waals surface area contributed by atoms with Gasteiger partial charge < -0.3 is 4.74 Å². The maximum Gasteiger partial charge on any atom is 0.346 e. The number of para-hydroxylation sites is 2. The second-order valence-electron chi connectivity index (χ2n) is 3.38. The lowest BCUT2D eigenvalue weighted by Crippen LogP contribution is -1.96. The van der Waals surface area contributed by atoms with Gasteiger partial charge in [-0.25, -0.2) is 0 Å².